The number of hydrogen-bond acceptors (Lipinski definition) is 6. The molecule has 25 heavy (non-hydrogen) atoms. The molecular weight excluding hydrogens is 348 g/mol. The number of piperidine rings is 1. The maximum absolute atomic E-state index is 12.8. The molecule has 0 aromatic heterocycles. The van der Waals surface area contributed by atoms with E-state index in [0.717, 1.165) is 0 Å². The van der Waals surface area contributed by atoms with Gasteiger partial charge in [0.05, 0.1) is 23.0 Å². The molecule has 1 saturated heterocycles. The number of rotatable bonds is 6. The fraction of sp³-hybridized carbons (Fsp3) is 0.500. The number of amides is 1. The van der Waals surface area contributed by atoms with Crippen LogP contribution in [0.5, 0.6) is 5.75 Å². The quantitative estimate of drug-likeness (QED) is 0.467. The van der Waals surface area contributed by atoms with Gasteiger partial charge < -0.3 is 14.7 Å². The van der Waals surface area contributed by atoms with Gasteiger partial charge in [-0.25, -0.2) is 0 Å². The summed E-state index contributed by atoms with van der Waals surface area (Å²) in [6.45, 7) is 0.795. The largest absolute Gasteiger partial charge is 0.495 e. The Morgan fingerprint density at radius 2 is 2.04 bits per heavy atom. The molecule has 2 rings (SSSR count). The molecule has 1 amide bonds. The molecule has 9 heteroatoms. The molecule has 1 aromatic carbocycles. The third-order valence-electron chi connectivity index (χ3n) is 4.29. The molecule has 1 fully saturated rings. The van der Waals surface area contributed by atoms with E-state index in [1.54, 1.807) is 11.2 Å². The first-order chi connectivity index (χ1) is 11.9. The van der Waals surface area contributed by atoms with Crippen molar-refractivity contribution in [1.29, 1.82) is 0 Å². The maximum atomic E-state index is 12.8. The number of nitro benzene ring substituents is 1. The minimum atomic E-state index is -0.847. The van der Waals surface area contributed by atoms with Gasteiger partial charge in [-0.2, -0.15) is 0 Å². The van der Waals surface area contributed by atoms with Gasteiger partial charge in [-0.3, -0.25) is 19.7 Å². The van der Waals surface area contributed by atoms with E-state index in [1.165, 1.54) is 31.0 Å². The first-order valence-corrected chi connectivity index (χ1v) is 9.01. The number of benzene rings is 1. The van der Waals surface area contributed by atoms with Crippen molar-refractivity contribution in [3.63, 3.8) is 0 Å². The number of carboxylic acid groups (broad SMARTS) is 1. The molecule has 1 heterocycles. The number of nitro groups is 1. The molecule has 0 unspecified atom stereocenters. The summed E-state index contributed by atoms with van der Waals surface area (Å²) >= 11 is 1.34. The van der Waals surface area contributed by atoms with Gasteiger partial charge in [0.15, 0.2) is 0 Å². The van der Waals surface area contributed by atoms with E-state index in [1.807, 2.05) is 0 Å². The smallest absolute Gasteiger partial charge is 0.303 e. The topological polar surface area (TPSA) is 110 Å². The normalized spacial score (nSPS) is 15.0. The van der Waals surface area contributed by atoms with Crippen LogP contribution in [0.2, 0.25) is 0 Å². The number of carbonyl (C=O) groups excluding carboxylic acids is 1. The predicted octanol–water partition coefficient (Wildman–Crippen LogP) is 2.65. The second-order valence-electron chi connectivity index (χ2n) is 5.81. The van der Waals surface area contributed by atoms with Gasteiger partial charge in [0.25, 0.3) is 11.6 Å². The average molecular weight is 368 g/mol. The van der Waals surface area contributed by atoms with Gasteiger partial charge in [-0.05, 0) is 31.1 Å². The van der Waals surface area contributed by atoms with E-state index in [-0.39, 0.29) is 23.6 Å². The number of hydrogen-bond donors (Lipinski definition) is 1. The van der Waals surface area contributed by atoms with Crippen molar-refractivity contribution in [2.24, 2.45) is 5.92 Å². The van der Waals surface area contributed by atoms with Gasteiger partial charge in [-0.15, -0.1) is 11.8 Å². The van der Waals surface area contributed by atoms with Crippen molar-refractivity contribution in [3.05, 3.63) is 27.8 Å². The van der Waals surface area contributed by atoms with Crippen molar-refractivity contribution in [2.75, 3.05) is 26.5 Å². The lowest BCUT2D eigenvalue weighted by molar-refractivity contribution is -0.385. The van der Waals surface area contributed by atoms with Gasteiger partial charge >= 0.3 is 5.97 Å². The number of carboxylic acids is 1. The number of likely N-dealkylation sites (tertiary alicyclic amines) is 1. The van der Waals surface area contributed by atoms with E-state index < -0.39 is 16.8 Å². The summed E-state index contributed by atoms with van der Waals surface area (Å²) in [6, 6.07) is 2.77. The van der Waals surface area contributed by atoms with Crippen molar-refractivity contribution in [2.45, 2.75) is 24.2 Å². The van der Waals surface area contributed by atoms with Crippen LogP contribution in [0.25, 0.3) is 0 Å². The Balaban J connectivity index is 2.24. The first kappa shape index (κ1) is 19.0. The summed E-state index contributed by atoms with van der Waals surface area (Å²) in [5.74, 6) is -0.858. The van der Waals surface area contributed by atoms with Crippen LogP contribution in [0.4, 0.5) is 5.69 Å². The minimum absolute atomic E-state index is 0.0341. The number of thioether (sulfide) groups is 1. The molecule has 0 saturated carbocycles. The van der Waals surface area contributed by atoms with Gasteiger partial charge in [0.1, 0.15) is 11.3 Å². The highest BCUT2D eigenvalue weighted by molar-refractivity contribution is 7.98. The van der Waals surface area contributed by atoms with Crippen molar-refractivity contribution in [1.82, 2.24) is 4.90 Å². The molecule has 0 bridgehead atoms. The highest BCUT2D eigenvalue weighted by Gasteiger charge is 2.30. The molecule has 1 aliphatic rings. The second-order valence-corrected chi connectivity index (χ2v) is 6.66. The number of ether oxygens (including phenoxy) is 1. The van der Waals surface area contributed by atoms with E-state index in [4.69, 9.17) is 9.84 Å². The lowest BCUT2D eigenvalue weighted by Crippen LogP contribution is -2.39. The summed E-state index contributed by atoms with van der Waals surface area (Å²) in [7, 11) is 1.42. The van der Waals surface area contributed by atoms with E-state index in [0.29, 0.717) is 36.6 Å². The second kappa shape index (κ2) is 8.19. The predicted molar refractivity (Wildman–Crippen MR) is 92.3 cm³/mol. The molecule has 0 atom stereocenters. The Morgan fingerprint density at radius 3 is 2.52 bits per heavy atom. The SMILES string of the molecule is COc1cc([N+](=O)[O-])c(C(=O)N2CCC(CC(=O)O)CC2)cc1SC. The van der Waals surface area contributed by atoms with Crippen LogP contribution in [0.3, 0.4) is 0 Å². The molecule has 0 radical (unpaired) electrons. The Bertz CT molecular complexity index is 685. The van der Waals surface area contributed by atoms with Gasteiger partial charge in [0, 0.05) is 19.5 Å². The van der Waals surface area contributed by atoms with Crippen molar-refractivity contribution < 1.29 is 24.4 Å². The summed E-state index contributed by atoms with van der Waals surface area (Å²) in [4.78, 5) is 36.5. The molecule has 1 N–H and O–H groups in total. The lowest BCUT2D eigenvalue weighted by atomic mass is 9.93. The zero-order chi connectivity index (χ0) is 18.6. The van der Waals surface area contributed by atoms with Crippen molar-refractivity contribution >= 4 is 29.3 Å². The fourth-order valence-corrected chi connectivity index (χ4v) is 3.53. The minimum Gasteiger partial charge on any atom is -0.495 e. The summed E-state index contributed by atoms with van der Waals surface area (Å²) < 4.78 is 5.15. The maximum Gasteiger partial charge on any atom is 0.303 e. The van der Waals surface area contributed by atoms with Crippen LogP contribution >= 0.6 is 11.8 Å². The van der Waals surface area contributed by atoms with Crippen molar-refractivity contribution in [3.8, 4) is 5.75 Å². The van der Waals surface area contributed by atoms with Crippen LogP contribution < -0.4 is 4.74 Å². The Hall–Kier alpha value is -2.29. The fourth-order valence-electron chi connectivity index (χ4n) is 2.95. The molecule has 8 nitrogen and oxygen atoms in total. The molecule has 1 aliphatic heterocycles. The van der Waals surface area contributed by atoms with Crippen LogP contribution in [-0.4, -0.2) is 53.3 Å². The number of methoxy groups -OCH3 is 1. The summed E-state index contributed by atoms with van der Waals surface area (Å²) in [5, 5.41) is 20.2. The standard InChI is InChI=1S/C16H20N2O6S/c1-24-13-9-12(18(22)23)11(8-14(13)25-2)16(21)17-5-3-10(4-6-17)7-15(19)20/h8-10H,3-7H2,1-2H3,(H,19,20). The number of carbonyl (C=O) groups is 2. The van der Waals surface area contributed by atoms with E-state index in [9.17, 15) is 19.7 Å². The number of nitrogens with zero attached hydrogens (tertiary/aromatic N) is 2. The monoisotopic (exact) mass is 368 g/mol. The Morgan fingerprint density at radius 1 is 1.40 bits per heavy atom. The molecule has 0 spiro atoms. The Kier molecular flexibility index (Phi) is 6.24. The first-order valence-electron chi connectivity index (χ1n) is 7.78. The van der Waals surface area contributed by atoms with Crippen LogP contribution in [-0.2, 0) is 4.79 Å². The van der Waals surface area contributed by atoms with Gasteiger partial charge in [0.2, 0.25) is 0 Å². The Labute approximate surface area is 149 Å². The summed E-state index contributed by atoms with van der Waals surface area (Å²) in [6.07, 6.45) is 3.05. The van der Waals surface area contributed by atoms with Gasteiger partial charge in [-0.1, -0.05) is 0 Å². The number of aliphatic carboxylic acids is 1. The molecule has 136 valence electrons. The highest BCUT2D eigenvalue weighted by atomic mass is 32.2. The van der Waals surface area contributed by atoms with E-state index in [2.05, 4.69) is 0 Å². The average Bonchev–Trinajstić information content (AvgIpc) is 2.59. The lowest BCUT2D eigenvalue weighted by Gasteiger charge is -2.31. The summed E-state index contributed by atoms with van der Waals surface area (Å²) in [5.41, 5.74) is -0.251. The van der Waals surface area contributed by atoms with Crippen LogP contribution in [0, 0.1) is 16.0 Å². The highest BCUT2D eigenvalue weighted by Crippen LogP contribution is 2.35. The van der Waals surface area contributed by atoms with Crippen LogP contribution in [0.1, 0.15) is 29.6 Å². The molecule has 1 aromatic rings. The third-order valence-corrected chi connectivity index (χ3v) is 5.05. The molecular formula is C16H20N2O6S. The van der Waals surface area contributed by atoms with E-state index >= 15 is 0 Å². The third kappa shape index (κ3) is 4.41. The zero-order valence-corrected chi connectivity index (χ0v) is 14.9. The molecule has 0 aliphatic carbocycles. The zero-order valence-electron chi connectivity index (χ0n) is 14.1. The van der Waals surface area contributed by atoms with Crippen LogP contribution in [0.15, 0.2) is 17.0 Å².